The molecule has 0 saturated carbocycles. The Labute approximate surface area is 246 Å². The summed E-state index contributed by atoms with van der Waals surface area (Å²) in [5.74, 6) is 0.167. The molecule has 0 aliphatic rings. The van der Waals surface area contributed by atoms with Crippen LogP contribution in [0, 0.1) is 0 Å². The molecule has 0 fully saturated rings. The maximum absolute atomic E-state index is 11.1. The van der Waals surface area contributed by atoms with Gasteiger partial charge in [-0.15, -0.1) is 0 Å². The largest absolute Gasteiger partial charge is 0.478 e. The number of rotatable bonds is 6. The molecule has 0 bridgehead atoms. The second-order valence-electron chi connectivity index (χ2n) is 8.06. The van der Waals surface area contributed by atoms with E-state index in [0.29, 0.717) is 29.5 Å². The zero-order valence-electron chi connectivity index (χ0n) is 22.2. The molecule has 208 valence electrons. The highest BCUT2D eigenvalue weighted by molar-refractivity contribution is 9.10. The maximum atomic E-state index is 11.1. The van der Waals surface area contributed by atoms with Crippen molar-refractivity contribution in [3.8, 4) is 0 Å². The van der Waals surface area contributed by atoms with Crippen LogP contribution < -0.4 is 10.6 Å². The summed E-state index contributed by atoms with van der Waals surface area (Å²) in [5.41, 5.74) is 7.66. The molecule has 0 radical (unpaired) electrons. The molecule has 2 aromatic carbocycles. The summed E-state index contributed by atoms with van der Waals surface area (Å²) in [6.45, 7) is 2.17. The number of nitrogens with zero attached hydrogens (tertiary/aromatic N) is 4. The number of halogens is 1. The van der Waals surface area contributed by atoms with Crippen molar-refractivity contribution in [1.82, 2.24) is 15.0 Å². The van der Waals surface area contributed by atoms with Gasteiger partial charge in [-0.1, -0.05) is 18.2 Å². The van der Waals surface area contributed by atoms with E-state index in [4.69, 9.17) is 15.6 Å². The SMILES string of the molecule is Brc1ccccn1.CCOC(=O)c1ccc(N)cc1.O=C(O)c1ccc(N(c2ccccn2)c2ccccn2)cc1. The first-order chi connectivity index (χ1) is 19.9. The third kappa shape index (κ3) is 9.86. The molecule has 3 heterocycles. The molecule has 0 spiro atoms. The van der Waals surface area contributed by atoms with E-state index in [9.17, 15) is 9.59 Å². The summed E-state index contributed by atoms with van der Waals surface area (Å²) in [6, 6.07) is 30.2. The third-order valence-corrected chi connectivity index (χ3v) is 5.65. The van der Waals surface area contributed by atoms with Crippen LogP contribution in [0.4, 0.5) is 23.0 Å². The average Bonchev–Trinajstić information content (AvgIpc) is 3.00. The number of carbonyl (C=O) groups excluding carboxylic acids is 1. The Bertz CT molecular complexity index is 1450. The zero-order chi connectivity index (χ0) is 29.5. The fourth-order valence-corrected chi connectivity index (χ4v) is 3.55. The predicted octanol–water partition coefficient (Wildman–Crippen LogP) is 6.93. The molecule has 3 aromatic heterocycles. The normalized spacial score (nSPS) is 9.71. The molecule has 10 heteroatoms. The third-order valence-electron chi connectivity index (χ3n) is 5.18. The molecular formula is C31H28BrN5O4. The van der Waals surface area contributed by atoms with Gasteiger partial charge in [0.25, 0.3) is 0 Å². The summed E-state index contributed by atoms with van der Waals surface area (Å²) >= 11 is 3.20. The number of carboxylic acid groups (broad SMARTS) is 1. The van der Waals surface area contributed by atoms with E-state index in [1.165, 1.54) is 0 Å². The van der Waals surface area contributed by atoms with E-state index in [0.717, 1.165) is 10.3 Å². The standard InChI is InChI=1S/C17H13N3O2.C9H11NO2.C5H4BrN/c21-17(22)13-7-9-14(10-8-13)20(15-5-1-3-11-18-15)16-6-2-4-12-19-16;1-2-12-9(11)7-3-5-8(10)6-4-7;6-5-3-1-2-4-7-5/h1-12H,(H,21,22);3-6H,2,10H2,1H3;1-4H. The second kappa shape index (κ2) is 16.1. The van der Waals surface area contributed by atoms with Crippen molar-refractivity contribution in [3.63, 3.8) is 0 Å². The number of benzene rings is 2. The topological polar surface area (TPSA) is 132 Å². The van der Waals surface area contributed by atoms with E-state index in [1.54, 1.807) is 74.0 Å². The van der Waals surface area contributed by atoms with Crippen molar-refractivity contribution in [2.24, 2.45) is 0 Å². The molecule has 5 rings (SSSR count). The number of aromatic carboxylic acids is 1. The number of hydrogen-bond donors (Lipinski definition) is 2. The van der Waals surface area contributed by atoms with Gasteiger partial charge in [0.2, 0.25) is 0 Å². The Balaban J connectivity index is 0.000000202. The van der Waals surface area contributed by atoms with E-state index in [1.807, 2.05) is 59.5 Å². The van der Waals surface area contributed by atoms with Gasteiger partial charge in [0.1, 0.15) is 16.2 Å². The summed E-state index contributed by atoms with van der Waals surface area (Å²) in [5, 5.41) is 9.01. The smallest absolute Gasteiger partial charge is 0.338 e. The molecule has 0 aliphatic carbocycles. The Morgan fingerprint density at radius 3 is 1.66 bits per heavy atom. The van der Waals surface area contributed by atoms with E-state index in [2.05, 4.69) is 30.9 Å². The summed E-state index contributed by atoms with van der Waals surface area (Å²) in [6.07, 6.45) is 5.15. The maximum Gasteiger partial charge on any atom is 0.338 e. The van der Waals surface area contributed by atoms with Crippen LogP contribution in [0.1, 0.15) is 27.6 Å². The van der Waals surface area contributed by atoms with E-state index in [-0.39, 0.29) is 11.5 Å². The van der Waals surface area contributed by atoms with Gasteiger partial charge in [0, 0.05) is 30.0 Å². The number of nitrogen functional groups attached to an aromatic ring is 1. The molecule has 9 nitrogen and oxygen atoms in total. The van der Waals surface area contributed by atoms with Crippen molar-refractivity contribution < 1.29 is 19.4 Å². The molecule has 0 saturated heterocycles. The first-order valence-corrected chi connectivity index (χ1v) is 13.2. The lowest BCUT2D eigenvalue weighted by molar-refractivity contribution is 0.0526. The number of pyridine rings is 3. The Kier molecular flexibility index (Phi) is 12.0. The minimum atomic E-state index is -0.950. The van der Waals surface area contributed by atoms with E-state index < -0.39 is 5.97 Å². The quantitative estimate of drug-likeness (QED) is 0.119. The van der Waals surface area contributed by atoms with Crippen LogP contribution >= 0.6 is 15.9 Å². The zero-order valence-corrected chi connectivity index (χ0v) is 23.8. The van der Waals surface area contributed by atoms with Gasteiger partial charge in [-0.05, 0) is 108 Å². The second-order valence-corrected chi connectivity index (χ2v) is 8.87. The minimum absolute atomic E-state index is 0.241. The van der Waals surface area contributed by atoms with Crippen LogP contribution in [0.15, 0.2) is 126 Å². The highest BCUT2D eigenvalue weighted by Gasteiger charge is 2.14. The number of aromatic nitrogens is 3. The number of ether oxygens (including phenoxy) is 1. The van der Waals surface area contributed by atoms with Crippen LogP contribution in [0.2, 0.25) is 0 Å². The first-order valence-electron chi connectivity index (χ1n) is 12.4. The lowest BCUT2D eigenvalue weighted by Crippen LogP contribution is -2.12. The minimum Gasteiger partial charge on any atom is -0.478 e. The number of nitrogens with two attached hydrogens (primary N) is 1. The van der Waals surface area contributed by atoms with Gasteiger partial charge < -0.3 is 15.6 Å². The van der Waals surface area contributed by atoms with Crippen molar-refractivity contribution in [3.05, 3.63) is 137 Å². The highest BCUT2D eigenvalue weighted by atomic mass is 79.9. The van der Waals surface area contributed by atoms with Crippen molar-refractivity contribution >= 4 is 50.9 Å². The summed E-state index contributed by atoms with van der Waals surface area (Å²) in [4.78, 5) is 36.6. The lowest BCUT2D eigenvalue weighted by atomic mass is 10.2. The fourth-order valence-electron chi connectivity index (χ4n) is 3.28. The van der Waals surface area contributed by atoms with Gasteiger partial charge >= 0.3 is 11.9 Å². The Hall–Kier alpha value is -5.09. The molecule has 41 heavy (non-hydrogen) atoms. The van der Waals surface area contributed by atoms with E-state index >= 15 is 0 Å². The molecule has 0 atom stereocenters. The predicted molar refractivity (Wildman–Crippen MR) is 162 cm³/mol. The molecular weight excluding hydrogens is 586 g/mol. The van der Waals surface area contributed by atoms with Gasteiger partial charge in [-0.2, -0.15) is 0 Å². The fraction of sp³-hybridized carbons (Fsp3) is 0.0645. The van der Waals surface area contributed by atoms with Crippen molar-refractivity contribution in [2.45, 2.75) is 6.92 Å². The van der Waals surface area contributed by atoms with Crippen LogP contribution in [0.3, 0.4) is 0 Å². The summed E-state index contributed by atoms with van der Waals surface area (Å²) in [7, 11) is 0. The highest BCUT2D eigenvalue weighted by Crippen LogP contribution is 2.31. The van der Waals surface area contributed by atoms with Crippen LogP contribution in [-0.4, -0.2) is 38.6 Å². The van der Waals surface area contributed by atoms with Gasteiger partial charge in [0.15, 0.2) is 0 Å². The number of esters is 1. The molecule has 0 aliphatic heterocycles. The molecule has 3 N–H and O–H groups in total. The Morgan fingerprint density at radius 1 is 0.756 bits per heavy atom. The van der Waals surface area contributed by atoms with Gasteiger partial charge in [-0.25, -0.2) is 24.5 Å². The van der Waals surface area contributed by atoms with Crippen molar-refractivity contribution in [2.75, 3.05) is 17.2 Å². The van der Waals surface area contributed by atoms with Crippen molar-refractivity contribution in [1.29, 1.82) is 0 Å². The summed E-state index contributed by atoms with van der Waals surface area (Å²) < 4.78 is 5.67. The number of hydrogen-bond acceptors (Lipinski definition) is 8. The molecule has 5 aromatic rings. The first kappa shape index (κ1) is 30.5. The molecule has 0 unspecified atom stereocenters. The average molecular weight is 615 g/mol. The number of carboxylic acids is 1. The number of carbonyl (C=O) groups is 2. The van der Waals surface area contributed by atoms with Gasteiger partial charge in [0.05, 0.1) is 17.7 Å². The van der Waals surface area contributed by atoms with Crippen LogP contribution in [-0.2, 0) is 4.74 Å². The van der Waals surface area contributed by atoms with Crippen LogP contribution in [0.25, 0.3) is 0 Å². The lowest BCUT2D eigenvalue weighted by Gasteiger charge is -2.22. The Morgan fingerprint density at radius 2 is 1.27 bits per heavy atom. The number of anilines is 4. The van der Waals surface area contributed by atoms with Crippen LogP contribution in [0.5, 0.6) is 0 Å². The molecule has 0 amide bonds. The monoisotopic (exact) mass is 613 g/mol. The van der Waals surface area contributed by atoms with Gasteiger partial charge in [-0.3, -0.25) is 4.90 Å².